The van der Waals surface area contributed by atoms with E-state index in [9.17, 15) is 9.59 Å². The summed E-state index contributed by atoms with van der Waals surface area (Å²) in [5, 5.41) is 5.69. The largest absolute Gasteiger partial charge is 0.349 e. The monoisotopic (exact) mass is 352 g/mol. The van der Waals surface area contributed by atoms with Crippen molar-refractivity contribution in [3.05, 3.63) is 59.8 Å². The van der Waals surface area contributed by atoms with Crippen LogP contribution in [0.3, 0.4) is 0 Å². The molecule has 3 rings (SSSR count). The zero-order valence-corrected chi connectivity index (χ0v) is 14.9. The number of amides is 2. The lowest BCUT2D eigenvalue weighted by molar-refractivity contribution is -0.114. The fourth-order valence-electron chi connectivity index (χ4n) is 3.17. The summed E-state index contributed by atoms with van der Waals surface area (Å²) in [7, 11) is 0. The van der Waals surface area contributed by atoms with E-state index in [1.807, 2.05) is 6.07 Å². The number of anilines is 1. The lowest BCUT2D eigenvalue weighted by atomic mass is 10.0. The first kappa shape index (κ1) is 18.1. The molecule has 2 amide bonds. The zero-order valence-electron chi connectivity index (χ0n) is 14.9. The lowest BCUT2D eigenvalue weighted by Crippen LogP contribution is -2.44. The summed E-state index contributed by atoms with van der Waals surface area (Å²) in [5.41, 5.74) is 1.83. The Bertz CT molecular complexity index is 755. The molecule has 2 aromatic rings. The Morgan fingerprint density at radius 2 is 1.88 bits per heavy atom. The number of benzene rings is 1. The van der Waals surface area contributed by atoms with Gasteiger partial charge in [-0.25, -0.2) is 4.98 Å². The van der Waals surface area contributed by atoms with Gasteiger partial charge in [-0.3, -0.25) is 14.5 Å². The lowest BCUT2D eigenvalue weighted by Gasteiger charge is -2.32. The van der Waals surface area contributed by atoms with E-state index in [0.29, 0.717) is 11.4 Å². The van der Waals surface area contributed by atoms with Gasteiger partial charge in [0.2, 0.25) is 5.91 Å². The molecule has 2 heterocycles. The number of likely N-dealkylation sites (tertiary alicyclic amines) is 1. The van der Waals surface area contributed by atoms with Crippen LogP contribution in [0.1, 0.15) is 35.7 Å². The number of hydrogen-bond donors (Lipinski definition) is 2. The van der Waals surface area contributed by atoms with E-state index in [1.54, 1.807) is 12.1 Å². The summed E-state index contributed by atoms with van der Waals surface area (Å²) in [4.78, 5) is 30.0. The molecule has 0 saturated carbocycles. The van der Waals surface area contributed by atoms with E-state index in [0.717, 1.165) is 32.5 Å². The second-order valence-corrected chi connectivity index (χ2v) is 6.62. The van der Waals surface area contributed by atoms with Crippen molar-refractivity contribution in [1.82, 2.24) is 15.2 Å². The van der Waals surface area contributed by atoms with Crippen molar-refractivity contribution in [3.8, 4) is 0 Å². The molecule has 6 nitrogen and oxygen atoms in total. The molecule has 1 aliphatic rings. The number of nitrogens with zero attached hydrogens (tertiary/aromatic N) is 2. The minimum atomic E-state index is -0.208. The van der Waals surface area contributed by atoms with Crippen LogP contribution < -0.4 is 10.6 Å². The maximum Gasteiger partial charge on any atom is 0.251 e. The van der Waals surface area contributed by atoms with Crippen LogP contribution in [0.2, 0.25) is 0 Å². The van der Waals surface area contributed by atoms with Crippen LogP contribution in [-0.4, -0.2) is 40.8 Å². The van der Waals surface area contributed by atoms with Crippen LogP contribution in [0.4, 0.5) is 5.82 Å². The van der Waals surface area contributed by atoms with Gasteiger partial charge in [-0.15, -0.1) is 0 Å². The molecule has 1 aromatic carbocycles. The van der Waals surface area contributed by atoms with Gasteiger partial charge in [0.1, 0.15) is 5.82 Å². The SMILES string of the molecule is CC(=O)Nc1cc(C(=O)NC2CCN(Cc3ccccc3)CC2)ccn1. The Morgan fingerprint density at radius 3 is 2.58 bits per heavy atom. The first-order chi connectivity index (χ1) is 12.6. The Labute approximate surface area is 153 Å². The van der Waals surface area contributed by atoms with Crippen molar-refractivity contribution in [2.45, 2.75) is 32.4 Å². The quantitative estimate of drug-likeness (QED) is 0.867. The minimum Gasteiger partial charge on any atom is -0.349 e. The summed E-state index contributed by atoms with van der Waals surface area (Å²) in [6, 6.07) is 13.9. The summed E-state index contributed by atoms with van der Waals surface area (Å²) in [6.07, 6.45) is 3.40. The van der Waals surface area contributed by atoms with E-state index in [2.05, 4.69) is 44.8 Å². The van der Waals surface area contributed by atoms with E-state index in [4.69, 9.17) is 0 Å². The average molecular weight is 352 g/mol. The van der Waals surface area contributed by atoms with Crippen molar-refractivity contribution in [2.75, 3.05) is 18.4 Å². The van der Waals surface area contributed by atoms with Crippen LogP contribution in [0.15, 0.2) is 48.7 Å². The van der Waals surface area contributed by atoms with E-state index in [1.165, 1.54) is 18.7 Å². The molecule has 1 aromatic heterocycles. The Morgan fingerprint density at radius 1 is 1.15 bits per heavy atom. The summed E-state index contributed by atoms with van der Waals surface area (Å²) in [5.74, 6) is 0.0594. The molecule has 1 aliphatic heterocycles. The van der Waals surface area contributed by atoms with Crippen molar-refractivity contribution >= 4 is 17.6 Å². The second kappa shape index (κ2) is 8.58. The van der Waals surface area contributed by atoms with Gasteiger partial charge in [0.15, 0.2) is 0 Å². The maximum absolute atomic E-state index is 12.5. The van der Waals surface area contributed by atoms with Gasteiger partial charge >= 0.3 is 0 Å². The first-order valence-corrected chi connectivity index (χ1v) is 8.91. The van der Waals surface area contributed by atoms with Crippen molar-refractivity contribution in [3.63, 3.8) is 0 Å². The van der Waals surface area contributed by atoms with E-state index >= 15 is 0 Å². The second-order valence-electron chi connectivity index (χ2n) is 6.62. The van der Waals surface area contributed by atoms with Gasteiger partial charge in [-0.2, -0.15) is 0 Å². The zero-order chi connectivity index (χ0) is 18.4. The molecule has 0 spiro atoms. The molecule has 0 radical (unpaired) electrons. The number of pyridine rings is 1. The van der Waals surface area contributed by atoms with Gasteiger partial charge in [0.25, 0.3) is 5.91 Å². The first-order valence-electron chi connectivity index (χ1n) is 8.91. The molecule has 6 heteroatoms. The van der Waals surface area contributed by atoms with Gasteiger partial charge < -0.3 is 10.6 Å². The molecule has 2 N–H and O–H groups in total. The number of aromatic nitrogens is 1. The highest BCUT2D eigenvalue weighted by molar-refractivity contribution is 5.96. The number of hydrogen-bond acceptors (Lipinski definition) is 4. The van der Waals surface area contributed by atoms with Crippen LogP contribution in [-0.2, 0) is 11.3 Å². The van der Waals surface area contributed by atoms with Crippen LogP contribution in [0.5, 0.6) is 0 Å². The molecule has 26 heavy (non-hydrogen) atoms. The Balaban J connectivity index is 1.49. The van der Waals surface area contributed by atoms with E-state index < -0.39 is 0 Å². The number of nitrogens with one attached hydrogen (secondary N) is 2. The predicted octanol–water partition coefficient (Wildman–Crippen LogP) is 2.43. The summed E-state index contributed by atoms with van der Waals surface area (Å²) >= 11 is 0. The molecular weight excluding hydrogens is 328 g/mol. The van der Waals surface area contributed by atoms with Crippen LogP contribution >= 0.6 is 0 Å². The third-order valence-electron chi connectivity index (χ3n) is 4.50. The molecule has 0 unspecified atom stereocenters. The predicted molar refractivity (Wildman–Crippen MR) is 101 cm³/mol. The molecule has 1 fully saturated rings. The average Bonchev–Trinajstić information content (AvgIpc) is 2.64. The third kappa shape index (κ3) is 5.13. The fourth-order valence-corrected chi connectivity index (χ4v) is 3.17. The molecule has 0 aliphatic carbocycles. The van der Waals surface area contributed by atoms with Crippen LogP contribution in [0, 0.1) is 0 Å². The Kier molecular flexibility index (Phi) is 5.96. The van der Waals surface area contributed by atoms with Gasteiger partial charge in [-0.1, -0.05) is 30.3 Å². The third-order valence-corrected chi connectivity index (χ3v) is 4.50. The maximum atomic E-state index is 12.5. The number of carbonyl (C=O) groups excluding carboxylic acids is 2. The smallest absolute Gasteiger partial charge is 0.251 e. The molecule has 0 bridgehead atoms. The van der Waals surface area contributed by atoms with E-state index in [-0.39, 0.29) is 17.9 Å². The Hall–Kier alpha value is -2.73. The molecular formula is C20H24N4O2. The van der Waals surface area contributed by atoms with Gasteiger partial charge in [0.05, 0.1) is 0 Å². The fraction of sp³-hybridized carbons (Fsp3) is 0.350. The molecule has 136 valence electrons. The van der Waals surface area contributed by atoms with Crippen molar-refractivity contribution in [2.24, 2.45) is 0 Å². The highest BCUT2D eigenvalue weighted by Gasteiger charge is 2.21. The summed E-state index contributed by atoms with van der Waals surface area (Å²) < 4.78 is 0. The van der Waals surface area contributed by atoms with Crippen molar-refractivity contribution in [1.29, 1.82) is 0 Å². The highest BCUT2D eigenvalue weighted by atomic mass is 16.2. The summed E-state index contributed by atoms with van der Waals surface area (Å²) in [6.45, 7) is 4.30. The number of carbonyl (C=O) groups is 2. The minimum absolute atomic E-state index is 0.125. The normalized spacial score (nSPS) is 15.4. The topological polar surface area (TPSA) is 74.3 Å². The number of rotatable bonds is 5. The molecule has 0 atom stereocenters. The molecule has 1 saturated heterocycles. The number of piperidine rings is 1. The van der Waals surface area contributed by atoms with Gasteiger partial charge in [-0.05, 0) is 30.5 Å². The van der Waals surface area contributed by atoms with Crippen molar-refractivity contribution < 1.29 is 9.59 Å². The highest BCUT2D eigenvalue weighted by Crippen LogP contribution is 2.15. The van der Waals surface area contributed by atoms with Crippen LogP contribution in [0.25, 0.3) is 0 Å². The van der Waals surface area contributed by atoms with Gasteiger partial charge in [0, 0.05) is 44.4 Å². The standard InChI is InChI=1S/C20H24N4O2/c1-15(25)22-19-13-17(7-10-21-19)20(26)23-18-8-11-24(12-9-18)14-16-5-3-2-4-6-16/h2-7,10,13,18H,8-9,11-12,14H2,1H3,(H,23,26)(H,21,22,25).